The summed E-state index contributed by atoms with van der Waals surface area (Å²) in [6.45, 7) is 3.96. The number of phenolic OH excluding ortho intramolecular Hbond substituents is 1. The maximum absolute atomic E-state index is 9.59. The number of halogens is 1. The van der Waals surface area contributed by atoms with Gasteiger partial charge in [-0.2, -0.15) is 0 Å². The van der Waals surface area contributed by atoms with Crippen molar-refractivity contribution in [3.63, 3.8) is 0 Å². The molecule has 3 nitrogen and oxygen atoms in total. The topological polar surface area (TPSA) is 32.7 Å². The van der Waals surface area contributed by atoms with Crippen LogP contribution in [-0.4, -0.2) is 30.7 Å². The van der Waals surface area contributed by atoms with Gasteiger partial charge in [-0.3, -0.25) is 0 Å². The lowest BCUT2D eigenvalue weighted by Crippen LogP contribution is -2.18. The molecule has 0 radical (unpaired) electrons. The molecule has 0 aromatic heterocycles. The van der Waals surface area contributed by atoms with Crippen LogP contribution < -0.4 is 4.74 Å². The summed E-state index contributed by atoms with van der Waals surface area (Å²) in [7, 11) is 3.57. The molecule has 1 N–H and O–H groups in total. The van der Waals surface area contributed by atoms with Crippen molar-refractivity contribution >= 4 is 11.6 Å². The van der Waals surface area contributed by atoms with Crippen LogP contribution >= 0.6 is 11.6 Å². The van der Waals surface area contributed by atoms with Crippen molar-refractivity contribution in [3.8, 4) is 11.5 Å². The molecule has 0 aliphatic heterocycles. The maximum Gasteiger partial charge on any atom is 0.176 e. The molecule has 1 aromatic rings. The van der Waals surface area contributed by atoms with Gasteiger partial charge in [0.2, 0.25) is 0 Å². The molecule has 0 atom stereocenters. The van der Waals surface area contributed by atoms with E-state index in [2.05, 4.69) is 18.9 Å². The first-order valence-corrected chi connectivity index (χ1v) is 5.70. The van der Waals surface area contributed by atoms with Gasteiger partial charge in [0, 0.05) is 6.54 Å². The minimum absolute atomic E-state index is 0.00561. The molecular formula is C12H18ClNO2. The molecule has 0 saturated heterocycles. The summed E-state index contributed by atoms with van der Waals surface area (Å²) in [5, 5.41) is 9.92. The average Bonchev–Trinajstić information content (AvgIpc) is 2.23. The molecule has 1 rings (SSSR count). The summed E-state index contributed by atoms with van der Waals surface area (Å²) in [6, 6.07) is 3.58. The van der Waals surface area contributed by atoms with E-state index >= 15 is 0 Å². The van der Waals surface area contributed by atoms with Crippen LogP contribution in [0.1, 0.15) is 18.9 Å². The fraction of sp³-hybridized carbons (Fsp3) is 0.500. The smallest absolute Gasteiger partial charge is 0.176 e. The fourth-order valence-corrected chi connectivity index (χ4v) is 1.88. The van der Waals surface area contributed by atoms with E-state index in [0.29, 0.717) is 10.8 Å². The lowest BCUT2D eigenvalue weighted by atomic mass is 10.2. The predicted molar refractivity (Wildman–Crippen MR) is 66.3 cm³/mol. The van der Waals surface area contributed by atoms with Crippen LogP contribution in [0, 0.1) is 0 Å². The van der Waals surface area contributed by atoms with E-state index in [0.717, 1.165) is 25.1 Å². The molecule has 0 amide bonds. The van der Waals surface area contributed by atoms with Gasteiger partial charge in [-0.25, -0.2) is 0 Å². The number of methoxy groups -OCH3 is 1. The van der Waals surface area contributed by atoms with Crippen molar-refractivity contribution in [2.24, 2.45) is 0 Å². The highest BCUT2D eigenvalue weighted by molar-refractivity contribution is 6.32. The Morgan fingerprint density at radius 3 is 2.69 bits per heavy atom. The predicted octanol–water partition coefficient (Wildman–Crippen LogP) is 2.90. The second-order valence-corrected chi connectivity index (χ2v) is 4.27. The summed E-state index contributed by atoms with van der Waals surface area (Å²) < 4.78 is 5.06. The van der Waals surface area contributed by atoms with Crippen LogP contribution in [0.4, 0.5) is 0 Å². The second kappa shape index (κ2) is 5.97. The Morgan fingerprint density at radius 1 is 1.44 bits per heavy atom. The molecule has 0 aliphatic rings. The van der Waals surface area contributed by atoms with Gasteiger partial charge in [-0.1, -0.05) is 18.5 Å². The average molecular weight is 244 g/mol. The number of phenols is 1. The van der Waals surface area contributed by atoms with Crippen molar-refractivity contribution in [1.29, 1.82) is 0 Å². The van der Waals surface area contributed by atoms with Crippen LogP contribution in [0.15, 0.2) is 12.1 Å². The van der Waals surface area contributed by atoms with Crippen LogP contribution in [0.25, 0.3) is 0 Å². The molecule has 0 heterocycles. The van der Waals surface area contributed by atoms with Gasteiger partial charge in [0.15, 0.2) is 11.5 Å². The molecule has 1 aromatic carbocycles. The first kappa shape index (κ1) is 13.1. The Bertz CT molecular complexity index is 355. The van der Waals surface area contributed by atoms with E-state index in [4.69, 9.17) is 16.3 Å². The van der Waals surface area contributed by atoms with Crippen LogP contribution in [0.5, 0.6) is 11.5 Å². The highest BCUT2D eigenvalue weighted by Crippen LogP contribution is 2.35. The van der Waals surface area contributed by atoms with Crippen LogP contribution in [0.3, 0.4) is 0 Å². The lowest BCUT2D eigenvalue weighted by molar-refractivity contribution is 0.325. The first-order valence-electron chi connectivity index (χ1n) is 5.32. The van der Waals surface area contributed by atoms with Crippen molar-refractivity contribution in [2.45, 2.75) is 19.9 Å². The van der Waals surface area contributed by atoms with Crippen molar-refractivity contribution in [2.75, 3.05) is 20.7 Å². The molecule has 0 bridgehead atoms. The molecule has 0 aliphatic carbocycles. The highest BCUT2D eigenvalue weighted by atomic mass is 35.5. The molecule has 0 fully saturated rings. The maximum atomic E-state index is 9.59. The number of hydrogen-bond donors (Lipinski definition) is 1. The number of hydrogen-bond acceptors (Lipinski definition) is 3. The van der Waals surface area contributed by atoms with E-state index in [1.54, 1.807) is 6.07 Å². The highest BCUT2D eigenvalue weighted by Gasteiger charge is 2.09. The molecule has 0 spiro atoms. The van der Waals surface area contributed by atoms with Crippen molar-refractivity contribution in [3.05, 3.63) is 22.7 Å². The fourth-order valence-electron chi connectivity index (χ4n) is 1.65. The summed E-state index contributed by atoms with van der Waals surface area (Å²) in [4.78, 5) is 2.20. The summed E-state index contributed by atoms with van der Waals surface area (Å²) >= 11 is 5.91. The van der Waals surface area contributed by atoms with Gasteiger partial charge >= 0.3 is 0 Å². The zero-order chi connectivity index (χ0) is 12.1. The third kappa shape index (κ3) is 3.29. The summed E-state index contributed by atoms with van der Waals surface area (Å²) in [6.07, 6.45) is 1.11. The lowest BCUT2D eigenvalue weighted by Gasteiger charge is -2.16. The zero-order valence-corrected chi connectivity index (χ0v) is 10.7. The normalized spacial score (nSPS) is 10.8. The Labute approximate surface area is 102 Å². The Hall–Kier alpha value is -0.930. The molecule has 4 heteroatoms. The SMILES string of the molecule is CCCN(C)Cc1cc(Cl)c(O)c(OC)c1. The summed E-state index contributed by atoms with van der Waals surface area (Å²) in [5.41, 5.74) is 1.04. The first-order chi connectivity index (χ1) is 7.58. The molecule has 90 valence electrons. The Balaban J connectivity index is 2.85. The van der Waals surface area contributed by atoms with E-state index in [1.807, 2.05) is 6.07 Å². The van der Waals surface area contributed by atoms with Gasteiger partial charge in [0.05, 0.1) is 12.1 Å². The van der Waals surface area contributed by atoms with E-state index in [-0.39, 0.29) is 5.75 Å². The molecule has 0 unspecified atom stereocenters. The minimum Gasteiger partial charge on any atom is -0.503 e. The quantitative estimate of drug-likeness (QED) is 0.863. The summed E-state index contributed by atoms with van der Waals surface area (Å²) in [5.74, 6) is 0.429. The Kier molecular flexibility index (Phi) is 4.90. The number of benzene rings is 1. The van der Waals surface area contributed by atoms with E-state index in [9.17, 15) is 5.11 Å². The number of rotatable bonds is 5. The monoisotopic (exact) mass is 243 g/mol. The van der Waals surface area contributed by atoms with Crippen LogP contribution in [-0.2, 0) is 6.54 Å². The molecule has 0 saturated carbocycles. The number of ether oxygens (including phenoxy) is 1. The van der Waals surface area contributed by atoms with Gasteiger partial charge in [0.1, 0.15) is 0 Å². The number of nitrogens with zero attached hydrogens (tertiary/aromatic N) is 1. The van der Waals surface area contributed by atoms with Gasteiger partial charge in [0.25, 0.3) is 0 Å². The van der Waals surface area contributed by atoms with Crippen molar-refractivity contribution < 1.29 is 9.84 Å². The van der Waals surface area contributed by atoms with Gasteiger partial charge in [-0.15, -0.1) is 0 Å². The van der Waals surface area contributed by atoms with E-state index < -0.39 is 0 Å². The largest absolute Gasteiger partial charge is 0.503 e. The second-order valence-electron chi connectivity index (χ2n) is 3.87. The zero-order valence-electron chi connectivity index (χ0n) is 9.96. The third-order valence-electron chi connectivity index (χ3n) is 2.37. The van der Waals surface area contributed by atoms with Crippen LogP contribution in [0.2, 0.25) is 5.02 Å². The number of aromatic hydroxyl groups is 1. The van der Waals surface area contributed by atoms with E-state index in [1.165, 1.54) is 7.11 Å². The Morgan fingerprint density at radius 2 is 2.12 bits per heavy atom. The molecule has 16 heavy (non-hydrogen) atoms. The van der Waals surface area contributed by atoms with Gasteiger partial charge in [-0.05, 0) is 37.7 Å². The molecular weight excluding hydrogens is 226 g/mol. The third-order valence-corrected chi connectivity index (χ3v) is 2.65. The van der Waals surface area contributed by atoms with Crippen molar-refractivity contribution in [1.82, 2.24) is 4.90 Å². The minimum atomic E-state index is 0.00561. The van der Waals surface area contributed by atoms with Gasteiger partial charge < -0.3 is 14.7 Å². The standard InChI is InChI=1S/C12H18ClNO2/c1-4-5-14(2)8-9-6-10(13)12(15)11(7-9)16-3/h6-7,15H,4-5,8H2,1-3H3.